The molecule has 0 radical (unpaired) electrons. The Morgan fingerprint density at radius 3 is 2.41 bits per heavy atom. The molecule has 160 valence electrons. The molecule has 0 bridgehead atoms. The van der Waals surface area contributed by atoms with Crippen molar-refractivity contribution < 1.29 is 27.8 Å². The predicted molar refractivity (Wildman–Crippen MR) is 106 cm³/mol. The van der Waals surface area contributed by atoms with E-state index < -0.39 is 29.5 Å². The summed E-state index contributed by atoms with van der Waals surface area (Å²) in [5, 5.41) is 0. The Balaban J connectivity index is 1.54. The van der Waals surface area contributed by atoms with E-state index in [1.54, 1.807) is 6.92 Å². The van der Waals surface area contributed by atoms with Gasteiger partial charge in [-0.15, -0.1) is 0 Å². The molecule has 1 fully saturated rings. The maximum absolute atomic E-state index is 14.1. The van der Waals surface area contributed by atoms with E-state index in [0.717, 1.165) is 5.92 Å². The van der Waals surface area contributed by atoms with Gasteiger partial charge in [0.05, 0.1) is 13.2 Å². The third-order valence-electron chi connectivity index (χ3n) is 5.90. The fourth-order valence-corrected chi connectivity index (χ4v) is 4.30. The van der Waals surface area contributed by atoms with Crippen LogP contribution in [0.15, 0.2) is 23.8 Å². The van der Waals surface area contributed by atoms with Crippen LogP contribution in [0, 0.1) is 23.5 Å². The van der Waals surface area contributed by atoms with Crippen molar-refractivity contribution in [3.8, 4) is 11.5 Å². The molecule has 0 N–H and O–H groups in total. The zero-order valence-electron chi connectivity index (χ0n) is 17.2. The monoisotopic (exact) mass is 408 g/mol. The van der Waals surface area contributed by atoms with E-state index >= 15 is 0 Å². The molecule has 29 heavy (non-hydrogen) atoms. The topological polar surface area (TPSA) is 44.8 Å². The molecule has 1 aromatic rings. The average Bonchev–Trinajstić information content (AvgIpc) is 2.74. The first-order valence-electron chi connectivity index (χ1n) is 10.7. The smallest absolute Gasteiger partial charge is 0.341 e. The van der Waals surface area contributed by atoms with Gasteiger partial charge in [-0.3, -0.25) is 0 Å². The van der Waals surface area contributed by atoms with Gasteiger partial charge in [-0.1, -0.05) is 25.8 Å². The van der Waals surface area contributed by atoms with Crippen molar-refractivity contribution in [3.05, 3.63) is 35.4 Å². The fraction of sp³-hybridized carbons (Fsp3) is 0.609. The predicted octanol–water partition coefficient (Wildman–Crippen LogP) is 5.59. The molecule has 1 atom stereocenters. The van der Waals surface area contributed by atoms with Crippen molar-refractivity contribution in [2.75, 3.05) is 13.2 Å². The molecule has 1 heterocycles. The van der Waals surface area contributed by atoms with Crippen LogP contribution in [0.4, 0.5) is 8.78 Å². The number of halogens is 2. The molecule has 3 rings (SSSR count). The minimum absolute atomic E-state index is 0.208. The van der Waals surface area contributed by atoms with Crippen molar-refractivity contribution >= 4 is 5.97 Å². The third kappa shape index (κ3) is 5.35. The third-order valence-corrected chi connectivity index (χ3v) is 5.90. The number of carbonyl (C=O) groups excluding carboxylic acids is 1. The van der Waals surface area contributed by atoms with Crippen LogP contribution in [0.25, 0.3) is 0 Å². The van der Waals surface area contributed by atoms with Gasteiger partial charge in [0, 0.05) is 6.42 Å². The highest BCUT2D eigenvalue weighted by atomic mass is 19.2. The molecule has 0 spiro atoms. The lowest BCUT2D eigenvalue weighted by molar-refractivity contribution is -0.147. The van der Waals surface area contributed by atoms with Gasteiger partial charge < -0.3 is 14.2 Å². The molecule has 1 saturated carbocycles. The normalized spacial score (nSPS) is 24.7. The maximum atomic E-state index is 14.1. The van der Waals surface area contributed by atoms with Gasteiger partial charge in [0.2, 0.25) is 11.6 Å². The quantitative estimate of drug-likeness (QED) is 0.335. The summed E-state index contributed by atoms with van der Waals surface area (Å²) in [6.07, 6.45) is 9.05. The van der Waals surface area contributed by atoms with Crippen LogP contribution in [-0.4, -0.2) is 25.3 Å². The second-order valence-electron chi connectivity index (χ2n) is 7.86. The van der Waals surface area contributed by atoms with Gasteiger partial charge in [0.1, 0.15) is 0 Å². The molecule has 2 aliphatic rings. The maximum Gasteiger partial charge on any atom is 0.341 e. The SMILES string of the molecule is CCCC1CCC(C2=CCC(C(=O)Oc3ccc(OCC)c(F)c3F)OC2)CC1. The minimum Gasteiger partial charge on any atom is -0.491 e. The summed E-state index contributed by atoms with van der Waals surface area (Å²) >= 11 is 0. The van der Waals surface area contributed by atoms with Crippen LogP contribution in [-0.2, 0) is 9.53 Å². The van der Waals surface area contributed by atoms with Crippen molar-refractivity contribution in [1.29, 1.82) is 0 Å². The summed E-state index contributed by atoms with van der Waals surface area (Å²) in [5.74, 6) is -2.41. The Morgan fingerprint density at radius 2 is 1.79 bits per heavy atom. The molecule has 1 aliphatic carbocycles. The number of hydrogen-bond acceptors (Lipinski definition) is 4. The van der Waals surface area contributed by atoms with Gasteiger partial charge in [0.15, 0.2) is 17.6 Å². The number of ether oxygens (including phenoxy) is 3. The van der Waals surface area contributed by atoms with E-state index in [4.69, 9.17) is 14.2 Å². The first-order chi connectivity index (χ1) is 14.0. The Morgan fingerprint density at radius 1 is 1.10 bits per heavy atom. The molecule has 0 aromatic heterocycles. The number of hydrogen-bond donors (Lipinski definition) is 0. The van der Waals surface area contributed by atoms with Crippen molar-refractivity contribution in [3.63, 3.8) is 0 Å². The molecule has 1 aliphatic heterocycles. The van der Waals surface area contributed by atoms with Crippen molar-refractivity contribution in [2.24, 2.45) is 11.8 Å². The van der Waals surface area contributed by atoms with E-state index in [1.807, 2.05) is 0 Å². The van der Waals surface area contributed by atoms with Crippen LogP contribution in [0.3, 0.4) is 0 Å². The highest BCUT2D eigenvalue weighted by molar-refractivity contribution is 5.77. The van der Waals surface area contributed by atoms with E-state index in [-0.39, 0.29) is 12.4 Å². The zero-order valence-corrected chi connectivity index (χ0v) is 17.2. The van der Waals surface area contributed by atoms with Crippen LogP contribution >= 0.6 is 0 Å². The van der Waals surface area contributed by atoms with Gasteiger partial charge >= 0.3 is 5.97 Å². The molecule has 1 aromatic carbocycles. The summed E-state index contributed by atoms with van der Waals surface area (Å²) in [5.41, 5.74) is 1.25. The van der Waals surface area contributed by atoms with Crippen LogP contribution in [0.5, 0.6) is 11.5 Å². The van der Waals surface area contributed by atoms with E-state index in [2.05, 4.69) is 13.0 Å². The Bertz CT molecular complexity index is 739. The lowest BCUT2D eigenvalue weighted by atomic mass is 9.76. The summed E-state index contributed by atoms with van der Waals surface area (Å²) in [7, 11) is 0. The molecule has 0 amide bonds. The van der Waals surface area contributed by atoms with E-state index in [1.165, 1.54) is 56.2 Å². The molecule has 0 saturated heterocycles. The highest BCUT2D eigenvalue weighted by Crippen LogP contribution is 2.37. The average molecular weight is 408 g/mol. The van der Waals surface area contributed by atoms with Crippen LogP contribution in [0.2, 0.25) is 0 Å². The molecule has 4 nitrogen and oxygen atoms in total. The van der Waals surface area contributed by atoms with Gasteiger partial charge in [-0.25, -0.2) is 4.79 Å². The van der Waals surface area contributed by atoms with E-state index in [9.17, 15) is 13.6 Å². The first-order valence-corrected chi connectivity index (χ1v) is 10.7. The number of benzene rings is 1. The first kappa shape index (κ1) is 21.8. The lowest BCUT2D eigenvalue weighted by Crippen LogP contribution is -2.33. The highest BCUT2D eigenvalue weighted by Gasteiger charge is 2.30. The number of carbonyl (C=O) groups is 1. The van der Waals surface area contributed by atoms with Crippen LogP contribution in [0.1, 0.15) is 58.8 Å². The molecule has 6 heteroatoms. The standard InChI is InChI=1S/C23H30F2O4/c1-3-5-15-6-8-16(9-7-15)17-10-11-20(28-14-17)23(26)29-19-13-12-18(27-4-2)21(24)22(19)25/h10,12-13,15-16,20H,3-9,11,14H2,1-2H3. The molecular weight excluding hydrogens is 378 g/mol. The van der Waals surface area contributed by atoms with Crippen LogP contribution < -0.4 is 9.47 Å². The van der Waals surface area contributed by atoms with E-state index in [0.29, 0.717) is 18.9 Å². The summed E-state index contributed by atoms with van der Waals surface area (Å²) in [6, 6.07) is 2.44. The number of esters is 1. The second kappa shape index (κ2) is 10.2. The second-order valence-corrected chi connectivity index (χ2v) is 7.86. The van der Waals surface area contributed by atoms with Crippen molar-refractivity contribution in [1.82, 2.24) is 0 Å². The number of rotatable bonds is 7. The zero-order chi connectivity index (χ0) is 20.8. The summed E-state index contributed by atoms with van der Waals surface area (Å²) < 4.78 is 43.8. The fourth-order valence-electron chi connectivity index (χ4n) is 4.30. The Kier molecular flexibility index (Phi) is 7.64. The Hall–Kier alpha value is -1.95. The summed E-state index contributed by atoms with van der Waals surface area (Å²) in [6.45, 7) is 4.50. The summed E-state index contributed by atoms with van der Waals surface area (Å²) in [4.78, 5) is 12.3. The minimum atomic E-state index is -1.24. The van der Waals surface area contributed by atoms with Crippen molar-refractivity contribution in [2.45, 2.75) is 64.9 Å². The largest absolute Gasteiger partial charge is 0.491 e. The molecule has 1 unspecified atom stereocenters. The van der Waals surface area contributed by atoms with Gasteiger partial charge in [0.25, 0.3) is 0 Å². The van der Waals surface area contributed by atoms with Gasteiger partial charge in [-0.2, -0.15) is 8.78 Å². The lowest BCUT2D eigenvalue weighted by Gasteiger charge is -2.32. The van der Waals surface area contributed by atoms with Gasteiger partial charge in [-0.05, 0) is 62.1 Å². The Labute approximate surface area is 171 Å². The molecular formula is C23H30F2O4.